The summed E-state index contributed by atoms with van der Waals surface area (Å²) >= 11 is 0. The topological polar surface area (TPSA) is 59.5 Å². The lowest BCUT2D eigenvalue weighted by atomic mass is 9.48. The number of rotatable bonds is 4. The van der Waals surface area contributed by atoms with Gasteiger partial charge in [-0.2, -0.15) is 4.68 Å². The fourth-order valence-corrected chi connectivity index (χ4v) is 9.54. The van der Waals surface area contributed by atoms with Crippen molar-refractivity contribution in [1.29, 1.82) is 0 Å². The van der Waals surface area contributed by atoms with Crippen LogP contribution in [0.15, 0.2) is 12.3 Å². The number of aromatic nitrogens is 2. The molecule has 1 heterocycles. The van der Waals surface area contributed by atoms with E-state index in [1.165, 1.54) is 44.9 Å². The zero-order chi connectivity index (χ0) is 23.0. The van der Waals surface area contributed by atoms with E-state index in [4.69, 9.17) is 6.57 Å². The Hall–Kier alpha value is -1.67. The monoisotopic (exact) mass is 449 g/mol. The second-order valence-corrected chi connectivity index (χ2v) is 12.9. The zero-order valence-electron chi connectivity index (χ0n) is 20.2. The summed E-state index contributed by atoms with van der Waals surface area (Å²) < 4.78 is 1.68. The molecular weight excluding hydrogens is 410 g/mol. The molecule has 0 radical (unpaired) electrons. The molecule has 5 aliphatic carbocycles. The Bertz CT molecular complexity index is 972. The maximum absolute atomic E-state index is 13.7. The van der Waals surface area contributed by atoms with Gasteiger partial charge in [0.05, 0.1) is 5.60 Å². The van der Waals surface area contributed by atoms with Gasteiger partial charge in [-0.05, 0) is 129 Å². The average molecular weight is 450 g/mol. The Kier molecular flexibility index (Phi) is 5.07. The Balaban J connectivity index is 1.25. The Labute approximate surface area is 198 Å². The van der Waals surface area contributed by atoms with E-state index in [9.17, 15) is 9.90 Å². The van der Waals surface area contributed by atoms with Crippen LogP contribution in [0, 0.1) is 59.3 Å². The van der Waals surface area contributed by atoms with Gasteiger partial charge in [-0.25, -0.2) is 0 Å². The van der Waals surface area contributed by atoms with Crippen molar-refractivity contribution in [3.63, 3.8) is 0 Å². The molecule has 0 saturated heterocycles. The number of fused-ring (bicyclic) bond motifs is 5. The molecule has 33 heavy (non-hydrogen) atoms. The highest BCUT2D eigenvalue weighted by atomic mass is 16.3. The molecule has 9 atom stereocenters. The van der Waals surface area contributed by atoms with Crippen LogP contribution in [-0.2, 0) is 11.3 Å². The van der Waals surface area contributed by atoms with Gasteiger partial charge in [-0.1, -0.05) is 13.5 Å². The van der Waals surface area contributed by atoms with Crippen molar-refractivity contribution < 1.29 is 9.90 Å². The lowest BCUT2D eigenvalue weighted by molar-refractivity contribution is -0.134. The van der Waals surface area contributed by atoms with Gasteiger partial charge in [0, 0.05) is 12.1 Å². The van der Waals surface area contributed by atoms with Crippen molar-refractivity contribution in [2.24, 2.45) is 52.8 Å². The van der Waals surface area contributed by atoms with E-state index in [2.05, 4.69) is 16.9 Å². The summed E-state index contributed by atoms with van der Waals surface area (Å²) in [7, 11) is 0. The summed E-state index contributed by atoms with van der Waals surface area (Å²) in [4.78, 5) is 17.1. The Morgan fingerprint density at radius 1 is 1.09 bits per heavy atom. The molecule has 5 saturated carbocycles. The minimum atomic E-state index is -0.460. The molecule has 5 nitrogen and oxygen atoms in total. The van der Waals surface area contributed by atoms with E-state index in [-0.39, 0.29) is 11.3 Å². The predicted octanol–water partition coefficient (Wildman–Crippen LogP) is 5.66. The van der Waals surface area contributed by atoms with Gasteiger partial charge < -0.3 is 9.95 Å². The number of ketones is 1. The number of hydrogen-bond donors (Lipinski definition) is 1. The van der Waals surface area contributed by atoms with Gasteiger partial charge in [-0.3, -0.25) is 4.79 Å². The highest BCUT2D eigenvalue weighted by Gasteiger charge is 2.63. The molecule has 5 fully saturated rings. The van der Waals surface area contributed by atoms with Crippen LogP contribution in [0.5, 0.6) is 0 Å². The van der Waals surface area contributed by atoms with Crippen LogP contribution in [0.3, 0.4) is 0 Å². The van der Waals surface area contributed by atoms with E-state index in [1.807, 2.05) is 6.92 Å². The summed E-state index contributed by atoms with van der Waals surface area (Å²) in [5.74, 6) is 6.18. The Morgan fingerprint density at radius 3 is 2.58 bits per heavy atom. The fraction of sp³-hybridized carbons (Fsp3) is 0.821. The van der Waals surface area contributed by atoms with Gasteiger partial charge in [0.25, 0.3) is 5.82 Å². The molecular formula is C28H39N3O2. The molecule has 0 amide bonds. The number of nitrogens with zero attached hydrogens (tertiary/aromatic N) is 3. The van der Waals surface area contributed by atoms with Crippen molar-refractivity contribution in [2.45, 2.75) is 90.2 Å². The van der Waals surface area contributed by atoms with Gasteiger partial charge >= 0.3 is 0 Å². The van der Waals surface area contributed by atoms with Crippen LogP contribution in [0.25, 0.3) is 4.85 Å². The van der Waals surface area contributed by atoms with Crippen molar-refractivity contribution in [2.75, 3.05) is 0 Å². The fourth-order valence-electron chi connectivity index (χ4n) is 9.54. The van der Waals surface area contributed by atoms with Crippen LogP contribution >= 0.6 is 0 Å². The Morgan fingerprint density at radius 2 is 1.85 bits per heavy atom. The normalized spacial score (nSPS) is 46.7. The summed E-state index contributed by atoms with van der Waals surface area (Å²) in [6.45, 7) is 12.0. The summed E-state index contributed by atoms with van der Waals surface area (Å²) in [6, 6.07) is 1.71. The molecule has 0 aliphatic heterocycles. The second-order valence-electron chi connectivity index (χ2n) is 12.9. The number of carbonyl (C=O) groups is 1. The van der Waals surface area contributed by atoms with E-state index >= 15 is 0 Å². The van der Waals surface area contributed by atoms with Gasteiger partial charge in [-0.15, -0.1) is 0 Å². The molecule has 5 aliphatic rings. The molecule has 0 spiro atoms. The van der Waals surface area contributed by atoms with E-state index in [0.717, 1.165) is 48.9 Å². The first-order valence-corrected chi connectivity index (χ1v) is 13.4. The minimum Gasteiger partial charge on any atom is -0.390 e. The predicted molar refractivity (Wildman–Crippen MR) is 126 cm³/mol. The zero-order valence-corrected chi connectivity index (χ0v) is 20.2. The molecule has 178 valence electrons. The van der Waals surface area contributed by atoms with Gasteiger partial charge in [0.2, 0.25) is 0 Å². The molecule has 0 aromatic carbocycles. The standard InChI is InChI=1S/C28H39N3O2/c1-27(33)11-8-19-18(15-27)6-7-21-20(19)9-12-28(2)23(14-22(26(21)28)17-4-5-17)24(32)16-31-13-10-25(29-3)30-31/h10,13,17-23,26,33H,4-9,11-12,14-16H2,1-2H3/t18-,19+,20-,21-,22+,23-,26-,27-,28-/m1/s1. The molecule has 6 rings (SSSR count). The molecule has 1 aromatic heterocycles. The van der Waals surface area contributed by atoms with Crippen LogP contribution in [0.2, 0.25) is 0 Å². The van der Waals surface area contributed by atoms with Crippen LogP contribution in [0.1, 0.15) is 78.1 Å². The maximum atomic E-state index is 13.7. The molecule has 5 heteroatoms. The third-order valence-corrected chi connectivity index (χ3v) is 11.0. The van der Waals surface area contributed by atoms with Crippen molar-refractivity contribution in [3.05, 3.63) is 23.7 Å². The highest BCUT2D eigenvalue weighted by molar-refractivity contribution is 5.82. The summed E-state index contributed by atoms with van der Waals surface area (Å²) in [5.41, 5.74) is -0.341. The highest BCUT2D eigenvalue weighted by Crippen LogP contribution is 2.69. The number of aliphatic hydroxyl groups is 1. The average Bonchev–Trinajstić information content (AvgIpc) is 3.43. The first kappa shape index (κ1) is 21.8. The third kappa shape index (κ3) is 3.59. The van der Waals surface area contributed by atoms with Crippen LogP contribution in [-0.4, -0.2) is 26.3 Å². The smallest absolute Gasteiger partial charge is 0.295 e. The molecule has 1 aromatic rings. The molecule has 0 bridgehead atoms. The maximum Gasteiger partial charge on any atom is 0.295 e. The van der Waals surface area contributed by atoms with Crippen molar-refractivity contribution in [3.8, 4) is 0 Å². The number of hydrogen-bond acceptors (Lipinski definition) is 3. The number of Topliss-reactive ketones (excluding diaryl/α,β-unsaturated/α-hetero) is 1. The van der Waals surface area contributed by atoms with Crippen LogP contribution in [0.4, 0.5) is 5.82 Å². The van der Waals surface area contributed by atoms with Crippen LogP contribution < -0.4 is 0 Å². The van der Waals surface area contributed by atoms with Crippen molar-refractivity contribution >= 4 is 11.6 Å². The second kappa shape index (κ2) is 7.67. The van der Waals surface area contributed by atoms with Gasteiger partial charge in [0.15, 0.2) is 5.78 Å². The minimum absolute atomic E-state index is 0.119. The summed E-state index contributed by atoms with van der Waals surface area (Å²) in [5, 5.41) is 15.0. The SMILES string of the molecule is [C-]#[N+]c1ccn(CC(=O)[C@H]2C[C@@H](C3CC3)[C@H]3[C@@H]4CC[C@@H]5C[C@](C)(O)CC[C@@H]5[C@H]4CC[C@@]32C)n1. The first-order valence-electron chi connectivity index (χ1n) is 13.4. The van der Waals surface area contributed by atoms with Gasteiger partial charge in [0.1, 0.15) is 6.54 Å². The van der Waals surface area contributed by atoms with Crippen molar-refractivity contribution in [1.82, 2.24) is 9.78 Å². The number of carbonyl (C=O) groups excluding carboxylic acids is 1. The van der Waals surface area contributed by atoms with E-state index < -0.39 is 5.60 Å². The first-order chi connectivity index (χ1) is 15.8. The lowest BCUT2D eigenvalue weighted by Crippen LogP contribution is -2.52. The summed E-state index contributed by atoms with van der Waals surface area (Å²) in [6.07, 6.45) is 13.8. The largest absolute Gasteiger partial charge is 0.390 e. The quantitative estimate of drug-likeness (QED) is 0.604. The third-order valence-electron chi connectivity index (χ3n) is 11.0. The molecule has 1 N–H and O–H groups in total. The molecule has 0 unspecified atom stereocenters. The lowest BCUT2D eigenvalue weighted by Gasteiger charge is -2.57. The van der Waals surface area contributed by atoms with E-state index in [0.29, 0.717) is 30.0 Å². The van der Waals surface area contributed by atoms with E-state index in [1.54, 1.807) is 16.9 Å².